The van der Waals surface area contributed by atoms with E-state index in [1.807, 2.05) is 0 Å². The summed E-state index contributed by atoms with van der Waals surface area (Å²) in [5.74, 6) is 0. The van der Waals surface area contributed by atoms with Crippen LogP contribution >= 0.6 is 0 Å². The zero-order valence-electron chi connectivity index (χ0n) is 9.95. The van der Waals surface area contributed by atoms with Crippen LogP contribution in [0.4, 0.5) is 0 Å². The lowest BCUT2D eigenvalue weighted by Gasteiger charge is -1.95. The van der Waals surface area contributed by atoms with E-state index in [4.69, 9.17) is 0 Å². The molecule has 1 nitrogen and oxygen atoms in total. The average Bonchev–Trinajstić information content (AvgIpc) is 2.26. The minimum atomic E-state index is 0.732. The Labute approximate surface area is 94.3 Å². The molecule has 0 aromatic rings. The van der Waals surface area contributed by atoms with Gasteiger partial charge >= 0.3 is 0 Å². The van der Waals surface area contributed by atoms with E-state index in [1.165, 1.54) is 32.1 Å². The Bertz CT molecular complexity index is 180. The van der Waals surface area contributed by atoms with Crippen molar-refractivity contribution in [3.05, 3.63) is 24.3 Å². The van der Waals surface area contributed by atoms with Gasteiger partial charge in [0.15, 0.2) is 0 Å². The largest absolute Gasteiger partial charge is 0.303 e. The summed E-state index contributed by atoms with van der Waals surface area (Å²) < 4.78 is 0. The van der Waals surface area contributed by atoms with Crippen molar-refractivity contribution in [1.29, 1.82) is 0 Å². The minimum absolute atomic E-state index is 0.732. The predicted octanol–water partition coefficient (Wildman–Crippen LogP) is 4.44. The summed E-state index contributed by atoms with van der Waals surface area (Å²) in [4.78, 5) is 10.0. The zero-order chi connectivity index (χ0) is 11.2. The topological polar surface area (TPSA) is 17.1 Å². The van der Waals surface area contributed by atoms with Gasteiger partial charge in [0.05, 0.1) is 0 Å². The van der Waals surface area contributed by atoms with Crippen molar-refractivity contribution in [2.45, 2.75) is 58.3 Å². The van der Waals surface area contributed by atoms with E-state index in [-0.39, 0.29) is 0 Å². The first-order valence-electron chi connectivity index (χ1n) is 6.17. The molecule has 0 aliphatic carbocycles. The molecule has 86 valence electrons. The maximum atomic E-state index is 10.0. The van der Waals surface area contributed by atoms with Gasteiger partial charge in [0.2, 0.25) is 0 Å². The number of allylic oxidation sites excluding steroid dienone is 4. The molecule has 0 spiro atoms. The lowest BCUT2D eigenvalue weighted by Crippen LogP contribution is -1.78. The fourth-order valence-electron chi connectivity index (χ4n) is 1.36. The predicted molar refractivity (Wildman–Crippen MR) is 67.0 cm³/mol. The lowest BCUT2D eigenvalue weighted by atomic mass is 10.1. The summed E-state index contributed by atoms with van der Waals surface area (Å²) in [6.07, 6.45) is 18.8. The molecular formula is C14H24O. The van der Waals surface area contributed by atoms with Crippen LogP contribution in [0.15, 0.2) is 24.3 Å². The zero-order valence-corrected chi connectivity index (χ0v) is 9.95. The van der Waals surface area contributed by atoms with Crippen LogP contribution in [0.1, 0.15) is 58.3 Å². The molecule has 0 fully saturated rings. The van der Waals surface area contributed by atoms with Gasteiger partial charge in [-0.2, -0.15) is 0 Å². The third kappa shape index (κ3) is 13.2. The normalized spacial score (nSPS) is 11.5. The second-order valence-corrected chi connectivity index (χ2v) is 3.80. The van der Waals surface area contributed by atoms with Crippen molar-refractivity contribution < 1.29 is 4.79 Å². The Morgan fingerprint density at radius 2 is 1.40 bits per heavy atom. The van der Waals surface area contributed by atoms with Crippen LogP contribution in [0.3, 0.4) is 0 Å². The fraction of sp³-hybridized carbons (Fsp3) is 0.643. The molecule has 0 rings (SSSR count). The number of carbonyl (C=O) groups is 1. The Hall–Kier alpha value is -0.850. The van der Waals surface area contributed by atoms with Gasteiger partial charge < -0.3 is 4.79 Å². The fourth-order valence-corrected chi connectivity index (χ4v) is 1.36. The van der Waals surface area contributed by atoms with Gasteiger partial charge in [0.1, 0.15) is 6.29 Å². The first kappa shape index (κ1) is 14.2. The molecule has 0 saturated heterocycles. The number of hydrogen-bond acceptors (Lipinski definition) is 1. The number of carbonyl (C=O) groups excluding carboxylic acids is 1. The summed E-state index contributed by atoms with van der Waals surface area (Å²) in [5, 5.41) is 0. The third-order valence-corrected chi connectivity index (χ3v) is 2.28. The monoisotopic (exact) mass is 208 g/mol. The van der Waals surface area contributed by atoms with Gasteiger partial charge in [-0.05, 0) is 25.7 Å². The Kier molecular flexibility index (Phi) is 12.4. The van der Waals surface area contributed by atoms with Crippen molar-refractivity contribution in [1.82, 2.24) is 0 Å². The van der Waals surface area contributed by atoms with Crippen molar-refractivity contribution >= 4 is 6.29 Å². The number of unbranched alkanes of at least 4 members (excludes halogenated alkanes) is 6. The quantitative estimate of drug-likeness (QED) is 0.295. The second-order valence-electron chi connectivity index (χ2n) is 3.80. The molecule has 0 radical (unpaired) electrons. The smallest absolute Gasteiger partial charge is 0.119 e. The molecule has 0 aliphatic heterocycles. The summed E-state index contributed by atoms with van der Waals surface area (Å²) in [7, 11) is 0. The SMILES string of the molecule is CCC/C=C/C=C\CCCCCCC=O. The van der Waals surface area contributed by atoms with E-state index in [2.05, 4.69) is 31.2 Å². The molecular weight excluding hydrogens is 184 g/mol. The molecule has 0 aromatic carbocycles. The first-order valence-corrected chi connectivity index (χ1v) is 6.17. The molecule has 1 heteroatoms. The molecule has 0 unspecified atom stereocenters. The second kappa shape index (κ2) is 13.2. The molecule has 0 atom stereocenters. The third-order valence-electron chi connectivity index (χ3n) is 2.28. The average molecular weight is 208 g/mol. The van der Waals surface area contributed by atoms with E-state index in [0.29, 0.717) is 0 Å². The van der Waals surface area contributed by atoms with Gasteiger partial charge in [-0.3, -0.25) is 0 Å². The molecule has 0 aliphatic rings. The van der Waals surface area contributed by atoms with Crippen molar-refractivity contribution in [3.63, 3.8) is 0 Å². The highest BCUT2D eigenvalue weighted by Crippen LogP contribution is 2.04. The molecule has 0 saturated carbocycles. The van der Waals surface area contributed by atoms with Crippen LogP contribution in [0.2, 0.25) is 0 Å². The minimum Gasteiger partial charge on any atom is -0.303 e. The Morgan fingerprint density at radius 1 is 0.800 bits per heavy atom. The standard InChI is InChI=1S/C14H24O/c1-2-3-4-5-6-7-8-9-10-11-12-13-14-15/h4-7,14H,2-3,8-13H2,1H3/b5-4+,7-6-. The molecule has 0 heterocycles. The molecule has 0 bridgehead atoms. The van der Waals surface area contributed by atoms with Crippen LogP contribution in [-0.4, -0.2) is 6.29 Å². The van der Waals surface area contributed by atoms with Gasteiger partial charge in [-0.1, -0.05) is 50.5 Å². The van der Waals surface area contributed by atoms with Crippen LogP contribution in [0, 0.1) is 0 Å². The summed E-state index contributed by atoms with van der Waals surface area (Å²) in [6.45, 7) is 2.19. The van der Waals surface area contributed by atoms with E-state index in [0.717, 1.165) is 25.5 Å². The van der Waals surface area contributed by atoms with E-state index in [9.17, 15) is 4.79 Å². The highest BCUT2D eigenvalue weighted by atomic mass is 16.1. The van der Waals surface area contributed by atoms with Crippen LogP contribution in [0.5, 0.6) is 0 Å². The lowest BCUT2D eigenvalue weighted by molar-refractivity contribution is -0.107. The maximum absolute atomic E-state index is 10.0. The van der Waals surface area contributed by atoms with Gasteiger partial charge in [-0.25, -0.2) is 0 Å². The van der Waals surface area contributed by atoms with Gasteiger partial charge in [-0.15, -0.1) is 0 Å². The summed E-state index contributed by atoms with van der Waals surface area (Å²) >= 11 is 0. The summed E-state index contributed by atoms with van der Waals surface area (Å²) in [6, 6.07) is 0. The Balaban J connectivity index is 3.12. The molecule has 0 amide bonds. The number of rotatable bonds is 10. The number of aldehydes is 1. The highest BCUT2D eigenvalue weighted by molar-refractivity contribution is 5.48. The van der Waals surface area contributed by atoms with E-state index < -0.39 is 0 Å². The first-order chi connectivity index (χ1) is 7.41. The molecule has 0 aromatic heterocycles. The van der Waals surface area contributed by atoms with Crippen molar-refractivity contribution in [2.24, 2.45) is 0 Å². The highest BCUT2D eigenvalue weighted by Gasteiger charge is 1.87. The van der Waals surface area contributed by atoms with Gasteiger partial charge in [0.25, 0.3) is 0 Å². The van der Waals surface area contributed by atoms with Crippen molar-refractivity contribution in [3.8, 4) is 0 Å². The van der Waals surface area contributed by atoms with E-state index >= 15 is 0 Å². The summed E-state index contributed by atoms with van der Waals surface area (Å²) in [5.41, 5.74) is 0. The van der Waals surface area contributed by atoms with Gasteiger partial charge in [0, 0.05) is 6.42 Å². The Morgan fingerprint density at radius 3 is 2.00 bits per heavy atom. The number of hydrogen-bond donors (Lipinski definition) is 0. The van der Waals surface area contributed by atoms with Crippen molar-refractivity contribution in [2.75, 3.05) is 0 Å². The van der Waals surface area contributed by atoms with Crippen LogP contribution in [0.25, 0.3) is 0 Å². The maximum Gasteiger partial charge on any atom is 0.119 e. The van der Waals surface area contributed by atoms with Crippen LogP contribution in [-0.2, 0) is 4.79 Å². The molecule has 15 heavy (non-hydrogen) atoms. The van der Waals surface area contributed by atoms with E-state index in [1.54, 1.807) is 0 Å². The van der Waals surface area contributed by atoms with Crippen LogP contribution < -0.4 is 0 Å². The molecule has 0 N–H and O–H groups in total.